The average molecular weight is 1190 g/mol. The molecule has 0 radical (unpaired) electrons. The molecule has 4 aliphatic heterocycles. The number of allylic oxidation sites excluding steroid dienone is 2. The molecule has 8 fully saturated rings. The molecular formula is C57H92O26. The third kappa shape index (κ3) is 11.0. The first-order valence-corrected chi connectivity index (χ1v) is 29.3. The van der Waals surface area contributed by atoms with Crippen LogP contribution in [0.3, 0.4) is 0 Å². The van der Waals surface area contributed by atoms with Crippen molar-refractivity contribution in [3.63, 3.8) is 0 Å². The predicted molar refractivity (Wildman–Crippen MR) is 280 cm³/mol. The SMILES string of the molecule is CC(=O)OC[C@@]12[C@H](O)C[C@]3(C)C(=CC[C@@H]4[C@@]5(C)CC[C@H](O[C@@H]6O[C@H](CO[C@@H]7OC[C@H](O)[C@H](O)[C@H]7O)[C@@H](O[C@@H]7O[C@H](CO)[C@@H](O)[C@H](O)[C@H]7O)[C@H](O)[C@H]6O[C@@H]6O[C@H](CO)[C@@H](O)[C@H](O)[C@H]6O)C(C)(C)[C@@H]5CC[C@]43C)[C@@H]1CC(C)(C)[C@@H](OC(C)=O)[C@@H]2O. The Kier molecular flexibility index (Phi) is 18.8. The quantitative estimate of drug-likeness (QED) is 0.0472. The summed E-state index contributed by atoms with van der Waals surface area (Å²) in [6.45, 7) is 14.3. The lowest BCUT2D eigenvalue weighted by Gasteiger charge is -2.72. The highest BCUT2D eigenvalue weighted by Gasteiger charge is 2.73. The van der Waals surface area contributed by atoms with E-state index in [1.165, 1.54) is 13.8 Å². The highest BCUT2D eigenvalue weighted by molar-refractivity contribution is 5.66. The molecule has 5 aliphatic carbocycles. The summed E-state index contributed by atoms with van der Waals surface area (Å²) in [5, 5.41) is 155. The molecular weight excluding hydrogens is 1100 g/mol. The van der Waals surface area contributed by atoms with Gasteiger partial charge in [-0.15, -0.1) is 0 Å². The monoisotopic (exact) mass is 1190 g/mol. The van der Waals surface area contributed by atoms with Crippen LogP contribution in [0.5, 0.6) is 0 Å². The van der Waals surface area contributed by atoms with Crippen molar-refractivity contribution in [2.24, 2.45) is 50.2 Å². The van der Waals surface area contributed by atoms with Gasteiger partial charge in [-0.1, -0.05) is 60.1 Å². The number of fused-ring (bicyclic) bond motifs is 7. The van der Waals surface area contributed by atoms with Crippen LogP contribution in [0.2, 0.25) is 0 Å². The maximum absolute atomic E-state index is 12.7. The number of aliphatic hydroxyl groups excluding tert-OH is 14. The van der Waals surface area contributed by atoms with Crippen LogP contribution in [0, 0.1) is 50.2 Å². The molecule has 83 heavy (non-hydrogen) atoms. The molecule has 26 heteroatoms. The molecule has 4 heterocycles. The van der Waals surface area contributed by atoms with Crippen LogP contribution in [0.15, 0.2) is 11.6 Å². The summed E-state index contributed by atoms with van der Waals surface area (Å²) < 4.78 is 60.6. The van der Waals surface area contributed by atoms with Gasteiger partial charge in [0.05, 0.1) is 44.1 Å². The van der Waals surface area contributed by atoms with Gasteiger partial charge >= 0.3 is 11.9 Å². The first-order chi connectivity index (χ1) is 38.7. The summed E-state index contributed by atoms with van der Waals surface area (Å²) in [4.78, 5) is 25.0. The molecule has 0 bridgehead atoms. The van der Waals surface area contributed by atoms with Gasteiger partial charge in [0.25, 0.3) is 0 Å². The van der Waals surface area contributed by atoms with Gasteiger partial charge in [0, 0.05) is 19.3 Å². The molecule has 476 valence electrons. The first-order valence-electron chi connectivity index (χ1n) is 29.3. The predicted octanol–water partition coefficient (Wildman–Crippen LogP) is -2.87. The van der Waals surface area contributed by atoms with Crippen molar-refractivity contribution in [3.8, 4) is 0 Å². The second-order valence-electron chi connectivity index (χ2n) is 27.3. The van der Waals surface area contributed by atoms with Gasteiger partial charge < -0.3 is 119 Å². The van der Waals surface area contributed by atoms with Crippen molar-refractivity contribution >= 4 is 11.9 Å². The van der Waals surface area contributed by atoms with Gasteiger partial charge in [-0.25, -0.2) is 0 Å². The summed E-state index contributed by atoms with van der Waals surface area (Å²) in [5.41, 5.74) is -3.23. The summed E-state index contributed by atoms with van der Waals surface area (Å²) in [7, 11) is 0. The Hall–Kier alpha value is -2.20. The van der Waals surface area contributed by atoms with E-state index < -0.39 is 212 Å². The fourth-order valence-electron chi connectivity index (χ4n) is 17.1. The van der Waals surface area contributed by atoms with E-state index >= 15 is 0 Å². The van der Waals surface area contributed by atoms with E-state index in [0.29, 0.717) is 38.5 Å². The Bertz CT molecular complexity index is 2320. The molecule has 0 aromatic carbocycles. The van der Waals surface area contributed by atoms with Crippen LogP contribution >= 0.6 is 0 Å². The second kappa shape index (κ2) is 24.0. The minimum absolute atomic E-state index is 0.0278. The average Bonchev–Trinajstić information content (AvgIpc) is 1.11. The third-order valence-corrected chi connectivity index (χ3v) is 21.9. The molecule has 26 nitrogen and oxygen atoms in total. The summed E-state index contributed by atoms with van der Waals surface area (Å²) in [6.07, 6.45) is -31.8. The van der Waals surface area contributed by atoms with Crippen LogP contribution in [0.4, 0.5) is 0 Å². The van der Waals surface area contributed by atoms with Crippen LogP contribution < -0.4 is 0 Å². The van der Waals surface area contributed by atoms with Gasteiger partial charge in [0.1, 0.15) is 110 Å². The molecule has 0 unspecified atom stereocenters. The van der Waals surface area contributed by atoms with Crippen LogP contribution in [-0.4, -0.2) is 258 Å². The van der Waals surface area contributed by atoms with E-state index in [-0.39, 0.29) is 30.3 Å². The number of esters is 2. The summed E-state index contributed by atoms with van der Waals surface area (Å²) in [5.74, 6) is -1.65. The summed E-state index contributed by atoms with van der Waals surface area (Å²) >= 11 is 0. The van der Waals surface area contributed by atoms with Gasteiger partial charge in [-0.3, -0.25) is 9.59 Å². The second-order valence-corrected chi connectivity index (χ2v) is 27.3. The van der Waals surface area contributed by atoms with Crippen LogP contribution in [0.25, 0.3) is 0 Å². The lowest BCUT2D eigenvalue weighted by Crippen LogP contribution is -2.72. The Morgan fingerprint density at radius 1 is 0.614 bits per heavy atom. The molecule has 0 spiro atoms. The summed E-state index contributed by atoms with van der Waals surface area (Å²) in [6, 6.07) is 0. The Balaban J connectivity index is 1.04. The lowest BCUT2D eigenvalue weighted by molar-refractivity contribution is -0.398. The van der Waals surface area contributed by atoms with Crippen LogP contribution in [-0.2, 0) is 57.0 Å². The number of carbonyl (C=O) groups is 2. The highest BCUT2D eigenvalue weighted by atomic mass is 16.8. The maximum Gasteiger partial charge on any atom is 0.303 e. The number of rotatable bonds is 14. The van der Waals surface area contributed by atoms with Gasteiger partial charge in [-0.2, -0.15) is 0 Å². The first kappa shape index (κ1) is 65.3. The Morgan fingerprint density at radius 3 is 1.77 bits per heavy atom. The number of aliphatic hydroxyl groups is 14. The number of hydrogen-bond acceptors (Lipinski definition) is 26. The van der Waals surface area contributed by atoms with E-state index in [1.54, 1.807) is 0 Å². The Labute approximate surface area is 482 Å². The molecule has 0 aromatic heterocycles. The zero-order chi connectivity index (χ0) is 61.0. The molecule has 30 atom stereocenters. The zero-order valence-electron chi connectivity index (χ0n) is 48.7. The molecule has 4 saturated heterocycles. The van der Waals surface area contributed by atoms with Crippen molar-refractivity contribution < 1.29 is 128 Å². The van der Waals surface area contributed by atoms with Crippen molar-refractivity contribution in [3.05, 3.63) is 11.6 Å². The molecule has 14 N–H and O–H groups in total. The van der Waals surface area contributed by atoms with Gasteiger partial charge in [0.15, 0.2) is 25.2 Å². The Morgan fingerprint density at radius 2 is 1.19 bits per heavy atom. The largest absolute Gasteiger partial charge is 0.465 e. The minimum Gasteiger partial charge on any atom is -0.465 e. The number of hydrogen-bond donors (Lipinski definition) is 14. The maximum atomic E-state index is 12.7. The van der Waals surface area contributed by atoms with E-state index in [9.17, 15) is 81.1 Å². The van der Waals surface area contributed by atoms with Crippen molar-refractivity contribution in [1.82, 2.24) is 0 Å². The van der Waals surface area contributed by atoms with Crippen molar-refractivity contribution in [2.75, 3.05) is 33.0 Å². The lowest BCUT2D eigenvalue weighted by atomic mass is 9.33. The smallest absolute Gasteiger partial charge is 0.303 e. The minimum atomic E-state index is -2.00. The molecule has 9 aliphatic rings. The normalized spacial score (nSPS) is 52.2. The van der Waals surface area contributed by atoms with E-state index in [2.05, 4.69) is 40.7 Å². The van der Waals surface area contributed by atoms with E-state index in [0.717, 1.165) is 5.57 Å². The standard InChI is InChI=1S/C57H92O26/c1-23(60)76-22-57-26(16-52(3,4)47(46(57)73)77-24(2)61)25-10-11-32-54(7)14-13-34(53(5,6)31(54)12-15-55(32,8)56(25,9)17-33(57)63)81-51-45(83-50-42(71)39(68)37(66)29(19-59)79-50)43(72)44(82-49-41(70)38(67)36(65)28(18-58)78-49)30(80-51)21-75-48-40(69)35(64)27(62)20-74-48/h10,26-51,58-59,62-73H,11-22H2,1-9H3/t26-,27-,28+,29+,30+,31-,32+,33+,34-,35-,36+,37+,38-,39-,40+,41+,42+,43-,44+,45+,46-,47-,48-,49-,50-,51-,54-,55+,56+,57-/m0/s1. The number of carbonyl (C=O) groups excluding carboxylic acids is 2. The third-order valence-electron chi connectivity index (χ3n) is 21.9. The van der Waals surface area contributed by atoms with E-state index in [4.69, 9.17) is 47.4 Å². The molecule has 9 rings (SSSR count). The topological polar surface area (TPSA) is 410 Å². The fourth-order valence-corrected chi connectivity index (χ4v) is 17.1. The zero-order valence-corrected chi connectivity index (χ0v) is 48.7. The molecule has 0 amide bonds. The van der Waals surface area contributed by atoms with Crippen molar-refractivity contribution in [1.29, 1.82) is 0 Å². The fraction of sp³-hybridized carbons (Fsp3) is 0.930. The highest BCUT2D eigenvalue weighted by Crippen LogP contribution is 2.76. The molecule has 0 aromatic rings. The van der Waals surface area contributed by atoms with Gasteiger partial charge in [-0.05, 0) is 84.4 Å². The van der Waals surface area contributed by atoms with E-state index in [1.807, 2.05) is 13.8 Å². The van der Waals surface area contributed by atoms with Gasteiger partial charge in [0.2, 0.25) is 0 Å². The number of ether oxygens (including phenoxy) is 10. The van der Waals surface area contributed by atoms with Crippen LogP contribution in [0.1, 0.15) is 107 Å². The molecule has 4 saturated carbocycles. The van der Waals surface area contributed by atoms with Crippen molar-refractivity contribution in [2.45, 2.75) is 248 Å².